The number of sulfonamides is 1. The van der Waals surface area contributed by atoms with Crippen molar-refractivity contribution in [2.45, 2.75) is 25.3 Å². The smallest absolute Gasteiger partial charge is 0.214 e. The minimum Gasteiger partial charge on any atom is -0.241 e. The van der Waals surface area contributed by atoms with Crippen molar-refractivity contribution in [1.29, 1.82) is 0 Å². The van der Waals surface area contributed by atoms with Crippen LogP contribution in [0.2, 0.25) is 0 Å². The second-order valence-electron chi connectivity index (χ2n) is 5.40. The standard InChI is InChI=1S/C17H20FNO2S/c1-13(2)22(20,21)19-12-17(18)16-10-8-15(9-11-16)14-6-4-3-5-7-14/h3-11,13,17,19H,12H2,1-2H3. The summed E-state index contributed by atoms with van der Waals surface area (Å²) in [6.07, 6.45) is -1.36. The highest BCUT2D eigenvalue weighted by molar-refractivity contribution is 7.90. The zero-order chi connectivity index (χ0) is 16.2. The molecule has 0 aliphatic heterocycles. The van der Waals surface area contributed by atoms with Gasteiger partial charge in [0.05, 0.1) is 5.25 Å². The van der Waals surface area contributed by atoms with Gasteiger partial charge in [-0.25, -0.2) is 17.5 Å². The molecule has 0 aliphatic carbocycles. The summed E-state index contributed by atoms with van der Waals surface area (Å²) in [4.78, 5) is 0. The van der Waals surface area contributed by atoms with Gasteiger partial charge >= 0.3 is 0 Å². The average molecular weight is 321 g/mol. The van der Waals surface area contributed by atoms with Gasteiger partial charge in [0.25, 0.3) is 0 Å². The van der Waals surface area contributed by atoms with Crippen LogP contribution in [0.5, 0.6) is 0 Å². The van der Waals surface area contributed by atoms with E-state index in [1.807, 2.05) is 42.5 Å². The second kappa shape index (κ2) is 7.03. The molecule has 0 aromatic heterocycles. The van der Waals surface area contributed by atoms with Crippen molar-refractivity contribution in [2.24, 2.45) is 0 Å². The van der Waals surface area contributed by atoms with Crippen LogP contribution in [0.1, 0.15) is 25.6 Å². The monoisotopic (exact) mass is 321 g/mol. The number of alkyl halides is 1. The van der Waals surface area contributed by atoms with Crippen LogP contribution in [0, 0.1) is 0 Å². The number of rotatable bonds is 6. The third-order valence-corrected chi connectivity index (χ3v) is 5.27. The fourth-order valence-electron chi connectivity index (χ4n) is 1.99. The molecule has 0 amide bonds. The first-order chi connectivity index (χ1) is 10.4. The summed E-state index contributed by atoms with van der Waals surface area (Å²) in [6.45, 7) is 2.87. The van der Waals surface area contributed by atoms with Gasteiger partial charge in [0.15, 0.2) is 0 Å². The molecule has 0 bridgehead atoms. The van der Waals surface area contributed by atoms with E-state index >= 15 is 0 Å². The van der Waals surface area contributed by atoms with Crippen molar-refractivity contribution < 1.29 is 12.8 Å². The molecule has 3 nitrogen and oxygen atoms in total. The van der Waals surface area contributed by atoms with E-state index in [-0.39, 0.29) is 6.54 Å². The van der Waals surface area contributed by atoms with Crippen molar-refractivity contribution in [2.75, 3.05) is 6.54 Å². The van der Waals surface area contributed by atoms with Crippen LogP contribution in [0.15, 0.2) is 54.6 Å². The van der Waals surface area contributed by atoms with Crippen LogP contribution in [-0.2, 0) is 10.0 Å². The third kappa shape index (κ3) is 4.15. The Kier molecular flexibility index (Phi) is 5.32. The predicted octanol–water partition coefficient (Wildman–Crippen LogP) is 3.69. The largest absolute Gasteiger partial charge is 0.241 e. The molecule has 0 fully saturated rings. The summed E-state index contributed by atoms with van der Waals surface area (Å²) in [5, 5.41) is -0.569. The number of hydrogen-bond acceptors (Lipinski definition) is 2. The summed E-state index contributed by atoms with van der Waals surface area (Å²) in [5.74, 6) is 0. The molecule has 1 N–H and O–H groups in total. The molecule has 0 aliphatic rings. The first kappa shape index (κ1) is 16.6. The van der Waals surface area contributed by atoms with Crippen LogP contribution < -0.4 is 4.72 Å². The number of benzene rings is 2. The molecule has 118 valence electrons. The average Bonchev–Trinajstić information content (AvgIpc) is 2.53. The van der Waals surface area contributed by atoms with E-state index in [0.29, 0.717) is 5.56 Å². The lowest BCUT2D eigenvalue weighted by Crippen LogP contribution is -2.33. The molecule has 22 heavy (non-hydrogen) atoms. The van der Waals surface area contributed by atoms with Gasteiger partial charge in [-0.1, -0.05) is 54.6 Å². The van der Waals surface area contributed by atoms with Crippen LogP contribution in [-0.4, -0.2) is 20.2 Å². The van der Waals surface area contributed by atoms with Crippen molar-refractivity contribution in [3.05, 3.63) is 60.2 Å². The first-order valence-electron chi connectivity index (χ1n) is 7.18. The van der Waals surface area contributed by atoms with Crippen molar-refractivity contribution in [3.8, 4) is 11.1 Å². The van der Waals surface area contributed by atoms with Gasteiger partial charge in [-0.2, -0.15) is 0 Å². The van der Waals surface area contributed by atoms with Gasteiger partial charge in [0.2, 0.25) is 10.0 Å². The molecule has 0 saturated carbocycles. The Labute approximate surface area is 131 Å². The van der Waals surface area contributed by atoms with Gasteiger partial charge in [-0.15, -0.1) is 0 Å². The summed E-state index contributed by atoms with van der Waals surface area (Å²) in [6, 6.07) is 16.9. The summed E-state index contributed by atoms with van der Waals surface area (Å²) in [5.41, 5.74) is 2.52. The highest BCUT2D eigenvalue weighted by Gasteiger charge is 2.18. The summed E-state index contributed by atoms with van der Waals surface area (Å²) < 4.78 is 39.7. The molecular formula is C17H20FNO2S. The van der Waals surface area contributed by atoms with Crippen molar-refractivity contribution in [3.63, 3.8) is 0 Å². The predicted molar refractivity (Wildman–Crippen MR) is 87.8 cm³/mol. The minimum atomic E-state index is -3.44. The third-order valence-electron chi connectivity index (χ3n) is 3.46. The maximum absolute atomic E-state index is 14.1. The van der Waals surface area contributed by atoms with Gasteiger partial charge in [-0.3, -0.25) is 0 Å². The van der Waals surface area contributed by atoms with E-state index in [4.69, 9.17) is 0 Å². The molecule has 0 heterocycles. The van der Waals surface area contributed by atoms with Crippen LogP contribution in [0.25, 0.3) is 11.1 Å². The molecule has 0 spiro atoms. The maximum Gasteiger partial charge on any atom is 0.214 e. The molecule has 2 aromatic carbocycles. The molecule has 1 unspecified atom stereocenters. The van der Waals surface area contributed by atoms with Crippen LogP contribution in [0.3, 0.4) is 0 Å². The van der Waals surface area contributed by atoms with E-state index in [0.717, 1.165) is 11.1 Å². The molecule has 0 radical (unpaired) electrons. The quantitative estimate of drug-likeness (QED) is 0.882. The Morgan fingerprint density at radius 3 is 2.05 bits per heavy atom. The Bertz CT molecular complexity index is 697. The van der Waals surface area contributed by atoms with Crippen LogP contribution in [0.4, 0.5) is 4.39 Å². The zero-order valence-electron chi connectivity index (χ0n) is 12.7. The van der Waals surface area contributed by atoms with E-state index in [9.17, 15) is 12.8 Å². The van der Waals surface area contributed by atoms with Crippen molar-refractivity contribution in [1.82, 2.24) is 4.72 Å². The minimum absolute atomic E-state index is 0.245. The summed E-state index contributed by atoms with van der Waals surface area (Å²) >= 11 is 0. The summed E-state index contributed by atoms with van der Waals surface area (Å²) in [7, 11) is -3.44. The first-order valence-corrected chi connectivity index (χ1v) is 8.72. The Hall–Kier alpha value is -1.72. The lowest BCUT2D eigenvalue weighted by Gasteiger charge is -2.13. The Balaban J connectivity index is 2.04. The fraction of sp³-hybridized carbons (Fsp3) is 0.294. The van der Waals surface area contributed by atoms with E-state index in [2.05, 4.69) is 4.72 Å². The second-order valence-corrected chi connectivity index (χ2v) is 7.72. The number of hydrogen-bond donors (Lipinski definition) is 1. The molecule has 0 saturated heterocycles. The van der Waals surface area contributed by atoms with E-state index < -0.39 is 21.4 Å². The normalized spacial score (nSPS) is 13.3. The lowest BCUT2D eigenvalue weighted by atomic mass is 10.0. The molecular weight excluding hydrogens is 301 g/mol. The molecule has 2 rings (SSSR count). The fourth-order valence-corrected chi connectivity index (χ4v) is 2.70. The number of nitrogens with one attached hydrogen (secondary N) is 1. The highest BCUT2D eigenvalue weighted by atomic mass is 32.2. The SMILES string of the molecule is CC(C)S(=O)(=O)NCC(F)c1ccc(-c2ccccc2)cc1. The zero-order valence-corrected chi connectivity index (χ0v) is 13.5. The Morgan fingerprint density at radius 1 is 0.955 bits per heavy atom. The van der Waals surface area contributed by atoms with Crippen molar-refractivity contribution >= 4 is 10.0 Å². The van der Waals surface area contributed by atoms with Crippen LogP contribution >= 0.6 is 0 Å². The van der Waals surface area contributed by atoms with Gasteiger partial charge in [0.1, 0.15) is 6.17 Å². The number of halogens is 1. The molecule has 2 aromatic rings. The maximum atomic E-state index is 14.1. The lowest BCUT2D eigenvalue weighted by molar-refractivity contribution is 0.343. The van der Waals surface area contributed by atoms with E-state index in [1.165, 1.54) is 0 Å². The van der Waals surface area contributed by atoms with E-state index in [1.54, 1.807) is 26.0 Å². The topological polar surface area (TPSA) is 46.2 Å². The van der Waals surface area contributed by atoms with Gasteiger partial charge in [0, 0.05) is 6.54 Å². The molecule has 5 heteroatoms. The Morgan fingerprint density at radius 2 is 1.50 bits per heavy atom. The highest BCUT2D eigenvalue weighted by Crippen LogP contribution is 2.23. The van der Waals surface area contributed by atoms with Gasteiger partial charge < -0.3 is 0 Å². The van der Waals surface area contributed by atoms with Gasteiger partial charge in [-0.05, 0) is 30.5 Å². The molecule has 1 atom stereocenters.